The average Bonchev–Trinajstić information content (AvgIpc) is 2.72. The van der Waals surface area contributed by atoms with Crippen LogP contribution in [0.4, 0.5) is 0 Å². The number of benzene rings is 2. The van der Waals surface area contributed by atoms with Gasteiger partial charge in [0.1, 0.15) is 11.9 Å². The van der Waals surface area contributed by atoms with E-state index in [-0.39, 0.29) is 11.7 Å². The summed E-state index contributed by atoms with van der Waals surface area (Å²) in [6, 6.07) is 16.5. The van der Waals surface area contributed by atoms with Crippen LogP contribution in [0.5, 0.6) is 5.75 Å². The molecular weight excluding hydrogens is 236 g/mol. The van der Waals surface area contributed by atoms with Gasteiger partial charge in [-0.05, 0) is 42.7 Å². The molecule has 0 bridgehead atoms. The maximum Gasteiger partial charge on any atom is 0.119 e. The molecule has 2 aromatic rings. The maximum atomic E-state index is 6.25. The Hall–Kier alpha value is -1.80. The summed E-state index contributed by atoms with van der Waals surface area (Å²) in [6.07, 6.45) is -0.0127. The number of hydrogen-bond donors (Lipinski definition) is 0. The number of ether oxygens (including phenoxy) is 2. The second-order valence-corrected chi connectivity index (χ2v) is 5.37. The highest BCUT2D eigenvalue weighted by molar-refractivity contribution is 5.44. The first kappa shape index (κ1) is 12.2. The summed E-state index contributed by atoms with van der Waals surface area (Å²) in [7, 11) is 1.69. The van der Waals surface area contributed by atoms with E-state index in [1.165, 1.54) is 11.1 Å². The molecule has 1 aliphatic rings. The van der Waals surface area contributed by atoms with Gasteiger partial charge in [0, 0.05) is 0 Å². The van der Waals surface area contributed by atoms with Crippen LogP contribution in [0.3, 0.4) is 0 Å². The lowest BCUT2D eigenvalue weighted by atomic mass is 9.93. The smallest absolute Gasteiger partial charge is 0.119 e. The molecule has 0 radical (unpaired) electrons. The van der Waals surface area contributed by atoms with Crippen LogP contribution < -0.4 is 4.74 Å². The molecule has 0 N–H and O–H groups in total. The van der Waals surface area contributed by atoms with Crippen LogP contribution in [0.1, 0.15) is 36.6 Å². The second kappa shape index (κ2) is 4.39. The zero-order valence-electron chi connectivity index (χ0n) is 11.5. The molecule has 0 aromatic heterocycles. The predicted molar refractivity (Wildman–Crippen MR) is 75.4 cm³/mol. The summed E-state index contributed by atoms with van der Waals surface area (Å²) in [5.74, 6) is 0.864. The first-order valence-corrected chi connectivity index (χ1v) is 6.53. The molecule has 2 heteroatoms. The van der Waals surface area contributed by atoms with Crippen molar-refractivity contribution < 1.29 is 9.47 Å². The molecule has 3 rings (SSSR count). The first-order chi connectivity index (χ1) is 9.12. The Bertz CT molecular complexity index is 602. The zero-order chi connectivity index (χ0) is 13.5. The highest BCUT2D eigenvalue weighted by Crippen LogP contribution is 2.46. The lowest BCUT2D eigenvalue weighted by molar-refractivity contribution is -0.0341. The molecule has 0 amide bonds. The first-order valence-electron chi connectivity index (χ1n) is 6.53. The molecule has 1 aliphatic heterocycles. The molecule has 19 heavy (non-hydrogen) atoms. The monoisotopic (exact) mass is 254 g/mol. The van der Waals surface area contributed by atoms with Crippen molar-refractivity contribution in [2.75, 3.05) is 7.11 Å². The number of rotatable bonds is 2. The number of fused-ring (bicyclic) bond motifs is 1. The van der Waals surface area contributed by atoms with E-state index >= 15 is 0 Å². The Morgan fingerprint density at radius 1 is 1.05 bits per heavy atom. The molecule has 0 saturated heterocycles. The van der Waals surface area contributed by atoms with Gasteiger partial charge in [-0.1, -0.05) is 36.4 Å². The van der Waals surface area contributed by atoms with Crippen LogP contribution in [-0.4, -0.2) is 7.11 Å². The van der Waals surface area contributed by atoms with Gasteiger partial charge < -0.3 is 9.47 Å². The van der Waals surface area contributed by atoms with E-state index in [1.807, 2.05) is 18.2 Å². The quantitative estimate of drug-likeness (QED) is 0.805. The minimum atomic E-state index is -0.246. The molecule has 0 unspecified atom stereocenters. The van der Waals surface area contributed by atoms with Crippen molar-refractivity contribution in [2.45, 2.75) is 25.6 Å². The minimum Gasteiger partial charge on any atom is -0.497 e. The third kappa shape index (κ3) is 2.02. The Morgan fingerprint density at radius 2 is 1.84 bits per heavy atom. The molecule has 0 fully saturated rings. The van der Waals surface area contributed by atoms with Gasteiger partial charge >= 0.3 is 0 Å². The van der Waals surface area contributed by atoms with Crippen molar-refractivity contribution in [3.8, 4) is 5.75 Å². The van der Waals surface area contributed by atoms with Crippen molar-refractivity contribution in [2.24, 2.45) is 0 Å². The molecule has 0 aliphatic carbocycles. The Balaban J connectivity index is 2.08. The summed E-state index contributed by atoms with van der Waals surface area (Å²) >= 11 is 0. The minimum absolute atomic E-state index is 0.0127. The standard InChI is InChI=1S/C17H18O2/c1-17(2)15-10-5-4-9-14(15)16(19-17)12-7-6-8-13(11-12)18-3/h4-11,16H,1-3H3/t16-/m1/s1. The summed E-state index contributed by atoms with van der Waals surface area (Å²) in [5, 5.41) is 0. The second-order valence-electron chi connectivity index (χ2n) is 5.37. The fourth-order valence-corrected chi connectivity index (χ4v) is 2.75. The van der Waals surface area contributed by atoms with Gasteiger partial charge in [-0.3, -0.25) is 0 Å². The Labute approximate surface area is 114 Å². The average molecular weight is 254 g/mol. The van der Waals surface area contributed by atoms with Crippen molar-refractivity contribution >= 4 is 0 Å². The van der Waals surface area contributed by atoms with Crippen molar-refractivity contribution in [1.29, 1.82) is 0 Å². The van der Waals surface area contributed by atoms with Crippen LogP contribution in [-0.2, 0) is 10.3 Å². The summed E-state index contributed by atoms with van der Waals surface area (Å²) < 4.78 is 11.5. The molecule has 98 valence electrons. The van der Waals surface area contributed by atoms with Crippen molar-refractivity contribution in [1.82, 2.24) is 0 Å². The fraction of sp³-hybridized carbons (Fsp3) is 0.294. The third-order valence-corrected chi connectivity index (χ3v) is 3.70. The van der Waals surface area contributed by atoms with Gasteiger partial charge in [0.05, 0.1) is 12.7 Å². The van der Waals surface area contributed by atoms with Crippen molar-refractivity contribution in [3.63, 3.8) is 0 Å². The van der Waals surface area contributed by atoms with Gasteiger partial charge in [0.25, 0.3) is 0 Å². The van der Waals surface area contributed by atoms with E-state index in [1.54, 1.807) is 7.11 Å². The van der Waals surface area contributed by atoms with Gasteiger partial charge in [-0.2, -0.15) is 0 Å². The van der Waals surface area contributed by atoms with Crippen LogP contribution in [0.15, 0.2) is 48.5 Å². The largest absolute Gasteiger partial charge is 0.497 e. The summed E-state index contributed by atoms with van der Waals surface area (Å²) in [5.41, 5.74) is 3.41. The molecular formula is C17H18O2. The zero-order valence-corrected chi connectivity index (χ0v) is 11.5. The highest BCUT2D eigenvalue weighted by Gasteiger charge is 2.38. The van der Waals surface area contributed by atoms with Gasteiger partial charge in [-0.25, -0.2) is 0 Å². The molecule has 2 nitrogen and oxygen atoms in total. The number of hydrogen-bond acceptors (Lipinski definition) is 2. The highest BCUT2D eigenvalue weighted by atomic mass is 16.5. The molecule has 0 saturated carbocycles. The maximum absolute atomic E-state index is 6.25. The van der Waals surface area contributed by atoms with E-state index in [0.717, 1.165) is 11.3 Å². The Kier molecular flexibility index (Phi) is 2.83. The molecule has 0 spiro atoms. The summed E-state index contributed by atoms with van der Waals surface area (Å²) in [4.78, 5) is 0. The van der Waals surface area contributed by atoms with E-state index in [4.69, 9.17) is 9.47 Å². The third-order valence-electron chi connectivity index (χ3n) is 3.70. The van der Waals surface area contributed by atoms with E-state index in [2.05, 4.69) is 44.2 Å². The molecule has 1 atom stereocenters. The molecule has 1 heterocycles. The predicted octanol–water partition coefficient (Wildman–Crippen LogP) is 4.05. The van der Waals surface area contributed by atoms with Gasteiger partial charge in [0.15, 0.2) is 0 Å². The van der Waals surface area contributed by atoms with Crippen molar-refractivity contribution in [3.05, 3.63) is 65.2 Å². The Morgan fingerprint density at radius 3 is 2.63 bits per heavy atom. The topological polar surface area (TPSA) is 18.5 Å². The van der Waals surface area contributed by atoms with Crippen LogP contribution in [0, 0.1) is 0 Å². The van der Waals surface area contributed by atoms with Gasteiger partial charge in [0.2, 0.25) is 0 Å². The van der Waals surface area contributed by atoms with Crippen LogP contribution in [0.2, 0.25) is 0 Å². The summed E-state index contributed by atoms with van der Waals surface area (Å²) in [6.45, 7) is 4.23. The lowest BCUT2D eigenvalue weighted by Gasteiger charge is -2.21. The van der Waals surface area contributed by atoms with Gasteiger partial charge in [-0.15, -0.1) is 0 Å². The fourth-order valence-electron chi connectivity index (χ4n) is 2.75. The van der Waals surface area contributed by atoms with E-state index < -0.39 is 0 Å². The molecule has 2 aromatic carbocycles. The normalized spacial score (nSPS) is 20.1. The SMILES string of the molecule is COc1cccc([C@H]2OC(C)(C)c3ccccc32)c1. The number of methoxy groups -OCH3 is 1. The van der Waals surface area contributed by atoms with Crippen LogP contribution >= 0.6 is 0 Å². The van der Waals surface area contributed by atoms with E-state index in [0.29, 0.717) is 0 Å². The lowest BCUT2D eigenvalue weighted by Crippen LogP contribution is -2.15. The van der Waals surface area contributed by atoms with Crippen LogP contribution in [0.25, 0.3) is 0 Å². The van der Waals surface area contributed by atoms with E-state index in [9.17, 15) is 0 Å².